The van der Waals surface area contributed by atoms with E-state index < -0.39 is 15.4 Å². The minimum absolute atomic E-state index is 0.0376. The highest BCUT2D eigenvalue weighted by atomic mass is 32.2. The van der Waals surface area contributed by atoms with Gasteiger partial charge in [0.15, 0.2) is 11.5 Å². The minimum Gasteiger partial charge on any atom is -0.454 e. The number of rotatable bonds is 6. The Bertz CT molecular complexity index is 1350. The SMILES string of the molecule is Cc1ncc(CC(=O)C2(c3ccc4c(c3)OCO4)CC2)cc1-c1cccc(S(N)(=O)=O)c1. The molecule has 0 unspecified atom stereocenters. The Morgan fingerprint density at radius 3 is 2.62 bits per heavy atom. The van der Waals surface area contributed by atoms with E-state index in [0.29, 0.717) is 17.1 Å². The number of nitrogens with two attached hydrogens (primary N) is 1. The van der Waals surface area contributed by atoms with E-state index in [0.717, 1.165) is 35.2 Å². The van der Waals surface area contributed by atoms with Crippen molar-refractivity contribution in [3.8, 4) is 22.6 Å². The summed E-state index contributed by atoms with van der Waals surface area (Å²) in [7, 11) is -3.82. The van der Waals surface area contributed by atoms with Gasteiger partial charge in [-0.2, -0.15) is 0 Å². The Morgan fingerprint density at radius 1 is 1.09 bits per heavy atom. The molecule has 0 bridgehead atoms. The molecular weight excluding hydrogens is 428 g/mol. The fourth-order valence-corrected chi connectivity index (χ4v) is 4.77. The van der Waals surface area contributed by atoms with Crippen molar-refractivity contribution in [2.24, 2.45) is 5.14 Å². The first-order valence-electron chi connectivity index (χ1n) is 10.3. The molecule has 8 heteroatoms. The van der Waals surface area contributed by atoms with Crippen molar-refractivity contribution in [2.45, 2.75) is 36.5 Å². The lowest BCUT2D eigenvalue weighted by molar-refractivity contribution is -0.120. The number of pyridine rings is 1. The molecule has 0 radical (unpaired) electrons. The number of hydrogen-bond acceptors (Lipinski definition) is 6. The fourth-order valence-electron chi connectivity index (χ4n) is 4.21. The van der Waals surface area contributed by atoms with E-state index in [-0.39, 0.29) is 23.9 Å². The Labute approximate surface area is 186 Å². The molecule has 3 aromatic rings. The van der Waals surface area contributed by atoms with Gasteiger partial charge in [0.1, 0.15) is 5.78 Å². The first-order valence-corrected chi connectivity index (χ1v) is 11.8. The number of ether oxygens (including phenoxy) is 2. The predicted molar refractivity (Wildman–Crippen MR) is 118 cm³/mol. The topological polar surface area (TPSA) is 109 Å². The average Bonchev–Trinajstić information content (AvgIpc) is 3.45. The van der Waals surface area contributed by atoms with Crippen molar-refractivity contribution in [2.75, 3.05) is 6.79 Å². The summed E-state index contributed by atoms with van der Waals surface area (Å²) in [6, 6.07) is 14.0. The number of fused-ring (bicyclic) bond motifs is 1. The first-order chi connectivity index (χ1) is 15.3. The monoisotopic (exact) mass is 450 g/mol. The van der Waals surface area contributed by atoms with Crippen LogP contribution >= 0.6 is 0 Å². The molecule has 1 saturated carbocycles. The van der Waals surface area contributed by atoms with Crippen molar-refractivity contribution >= 4 is 15.8 Å². The van der Waals surface area contributed by atoms with Gasteiger partial charge in [-0.3, -0.25) is 9.78 Å². The van der Waals surface area contributed by atoms with Gasteiger partial charge < -0.3 is 9.47 Å². The molecule has 2 N–H and O–H groups in total. The molecule has 0 amide bonds. The van der Waals surface area contributed by atoms with Gasteiger partial charge in [-0.25, -0.2) is 13.6 Å². The number of aryl methyl sites for hydroxylation is 1. The highest BCUT2D eigenvalue weighted by Crippen LogP contribution is 2.51. The van der Waals surface area contributed by atoms with Crippen LogP contribution in [0.3, 0.4) is 0 Å². The van der Waals surface area contributed by atoms with Gasteiger partial charge in [0, 0.05) is 23.9 Å². The number of ketones is 1. The molecule has 1 aliphatic carbocycles. The molecule has 2 aliphatic rings. The van der Waals surface area contributed by atoms with Crippen LogP contribution in [-0.2, 0) is 26.7 Å². The average molecular weight is 451 g/mol. The van der Waals surface area contributed by atoms with Crippen molar-refractivity contribution in [1.82, 2.24) is 4.98 Å². The van der Waals surface area contributed by atoms with Crippen LogP contribution in [0.25, 0.3) is 11.1 Å². The van der Waals surface area contributed by atoms with Gasteiger partial charge in [0.25, 0.3) is 0 Å². The summed E-state index contributed by atoms with van der Waals surface area (Å²) in [5.74, 6) is 1.51. The maximum atomic E-state index is 13.3. The Morgan fingerprint density at radius 2 is 1.88 bits per heavy atom. The van der Waals surface area contributed by atoms with Gasteiger partial charge in [-0.05, 0) is 66.8 Å². The van der Waals surface area contributed by atoms with Crippen LogP contribution in [0.2, 0.25) is 0 Å². The van der Waals surface area contributed by atoms with Crippen molar-refractivity contribution in [1.29, 1.82) is 0 Å². The number of primary sulfonamides is 1. The Hall–Kier alpha value is -3.23. The number of carbonyl (C=O) groups is 1. The number of benzene rings is 2. The number of sulfonamides is 1. The molecular formula is C24H22N2O5S. The highest BCUT2D eigenvalue weighted by Gasteiger charge is 2.50. The molecule has 0 spiro atoms. The lowest BCUT2D eigenvalue weighted by Gasteiger charge is -2.16. The van der Waals surface area contributed by atoms with E-state index in [2.05, 4.69) is 4.98 Å². The molecule has 2 aromatic carbocycles. The van der Waals surface area contributed by atoms with Gasteiger partial charge in [0.05, 0.1) is 10.3 Å². The Balaban J connectivity index is 1.43. The normalized spacial score (nSPS) is 16.1. The third-order valence-corrected chi connectivity index (χ3v) is 7.10. The summed E-state index contributed by atoms with van der Waals surface area (Å²) >= 11 is 0. The van der Waals surface area contributed by atoms with Crippen LogP contribution in [0.5, 0.6) is 11.5 Å². The molecule has 0 saturated heterocycles. The zero-order chi connectivity index (χ0) is 22.5. The van der Waals surface area contributed by atoms with Crippen molar-refractivity contribution in [3.63, 3.8) is 0 Å². The Kier molecular flexibility index (Phi) is 4.79. The quantitative estimate of drug-likeness (QED) is 0.617. The van der Waals surface area contributed by atoms with Crippen LogP contribution < -0.4 is 14.6 Å². The van der Waals surface area contributed by atoms with Crippen molar-refractivity contribution < 1.29 is 22.7 Å². The number of carbonyl (C=O) groups excluding carboxylic acids is 1. The number of Topliss-reactive ketones (excluding diaryl/α,β-unsaturated/α-hetero) is 1. The molecule has 1 aromatic heterocycles. The molecule has 32 heavy (non-hydrogen) atoms. The molecule has 1 fully saturated rings. The maximum absolute atomic E-state index is 13.3. The van der Waals surface area contributed by atoms with Crippen LogP contribution in [0.1, 0.15) is 29.7 Å². The minimum atomic E-state index is -3.82. The number of nitrogens with zero attached hydrogens (tertiary/aromatic N) is 1. The van der Waals surface area contributed by atoms with Gasteiger partial charge in [-0.15, -0.1) is 0 Å². The van der Waals surface area contributed by atoms with Gasteiger partial charge >= 0.3 is 0 Å². The first kappa shape index (κ1) is 20.7. The maximum Gasteiger partial charge on any atom is 0.238 e. The number of aromatic nitrogens is 1. The van der Waals surface area contributed by atoms with E-state index in [1.54, 1.807) is 18.3 Å². The summed E-state index contributed by atoms with van der Waals surface area (Å²) in [4.78, 5) is 17.8. The largest absolute Gasteiger partial charge is 0.454 e. The smallest absolute Gasteiger partial charge is 0.238 e. The summed E-state index contributed by atoms with van der Waals surface area (Å²) < 4.78 is 34.3. The summed E-state index contributed by atoms with van der Waals surface area (Å²) in [6.45, 7) is 2.05. The molecule has 0 atom stereocenters. The van der Waals surface area contributed by atoms with Crippen LogP contribution in [0.15, 0.2) is 59.6 Å². The highest BCUT2D eigenvalue weighted by molar-refractivity contribution is 7.89. The van der Waals surface area contributed by atoms with Gasteiger partial charge in [0.2, 0.25) is 16.8 Å². The van der Waals surface area contributed by atoms with Crippen LogP contribution in [0.4, 0.5) is 0 Å². The van der Waals surface area contributed by atoms with Crippen LogP contribution in [0, 0.1) is 6.92 Å². The van der Waals surface area contributed by atoms with E-state index in [9.17, 15) is 13.2 Å². The zero-order valence-electron chi connectivity index (χ0n) is 17.5. The van der Waals surface area contributed by atoms with Crippen molar-refractivity contribution in [3.05, 3.63) is 71.5 Å². The standard InChI is InChI=1S/C24H22N2O5S/c1-15-20(17-3-2-4-19(11-17)32(25,28)29)9-16(13-26-15)10-23(27)24(7-8-24)18-5-6-21-22(12-18)31-14-30-21/h2-6,9,11-13H,7-8,10,14H2,1H3,(H2,25,28,29). The van der Waals surface area contributed by atoms with E-state index in [4.69, 9.17) is 14.6 Å². The summed E-state index contributed by atoms with van der Waals surface area (Å²) in [6.07, 6.45) is 3.54. The zero-order valence-corrected chi connectivity index (χ0v) is 18.3. The molecule has 7 nitrogen and oxygen atoms in total. The molecule has 164 valence electrons. The van der Waals surface area contributed by atoms with E-state index in [1.165, 1.54) is 12.1 Å². The van der Waals surface area contributed by atoms with E-state index in [1.807, 2.05) is 31.2 Å². The third-order valence-electron chi connectivity index (χ3n) is 6.19. The second kappa shape index (κ2) is 7.43. The molecule has 1 aliphatic heterocycles. The van der Waals surface area contributed by atoms with E-state index >= 15 is 0 Å². The predicted octanol–water partition coefficient (Wildman–Crippen LogP) is 3.28. The van der Waals surface area contributed by atoms with Gasteiger partial charge in [-0.1, -0.05) is 18.2 Å². The van der Waals surface area contributed by atoms with Crippen LogP contribution in [-0.4, -0.2) is 26.0 Å². The second-order valence-electron chi connectivity index (χ2n) is 8.30. The lowest BCUT2D eigenvalue weighted by atomic mass is 9.87. The summed E-state index contributed by atoms with van der Waals surface area (Å²) in [5.41, 5.74) is 3.43. The molecule has 2 heterocycles. The second-order valence-corrected chi connectivity index (χ2v) is 9.86. The lowest BCUT2D eigenvalue weighted by Crippen LogP contribution is -2.22. The fraction of sp³-hybridized carbons (Fsp3) is 0.250. The molecule has 5 rings (SSSR count). The summed E-state index contributed by atoms with van der Waals surface area (Å²) in [5, 5.41) is 5.28. The third kappa shape index (κ3) is 3.65. The number of hydrogen-bond donors (Lipinski definition) is 1.